The molecule has 0 saturated carbocycles. The van der Waals surface area contributed by atoms with Gasteiger partial charge in [-0.15, -0.1) is 0 Å². The first-order valence-corrected chi connectivity index (χ1v) is 8.95. The minimum Gasteiger partial charge on any atom is -0.479 e. The zero-order chi connectivity index (χ0) is 19.8. The summed E-state index contributed by atoms with van der Waals surface area (Å²) in [5, 5.41) is 2.71. The maximum Gasteiger partial charge on any atom is 0.347 e. The molecule has 1 N–H and O–H groups in total. The second-order valence-electron chi connectivity index (χ2n) is 6.17. The van der Waals surface area contributed by atoms with Crippen molar-refractivity contribution in [1.29, 1.82) is 0 Å². The number of amides is 1. The van der Waals surface area contributed by atoms with Gasteiger partial charge in [0.05, 0.1) is 0 Å². The average Bonchev–Trinajstić information content (AvgIpc) is 2.74. The number of carbonyl (C=O) groups is 2. The lowest BCUT2D eigenvalue weighted by Crippen LogP contribution is -2.29. The number of ether oxygens (including phenoxy) is 2. The Labute approximate surface area is 163 Å². The van der Waals surface area contributed by atoms with Gasteiger partial charge in [-0.1, -0.05) is 60.7 Å². The molecule has 0 aliphatic rings. The minimum atomic E-state index is -0.805. The van der Waals surface area contributed by atoms with Crippen molar-refractivity contribution in [2.45, 2.75) is 13.0 Å². The van der Waals surface area contributed by atoms with E-state index in [1.165, 1.54) is 0 Å². The van der Waals surface area contributed by atoms with Gasteiger partial charge < -0.3 is 14.8 Å². The molecule has 0 fully saturated rings. The number of anilines is 1. The highest BCUT2D eigenvalue weighted by atomic mass is 16.6. The molecule has 0 aliphatic heterocycles. The topological polar surface area (TPSA) is 64.6 Å². The van der Waals surface area contributed by atoms with Crippen LogP contribution in [0.25, 0.3) is 11.1 Å². The van der Waals surface area contributed by atoms with E-state index in [-0.39, 0.29) is 6.61 Å². The molecule has 0 bridgehead atoms. The Bertz CT molecular complexity index is 908. The maximum absolute atomic E-state index is 12.0. The minimum absolute atomic E-state index is 0.373. The van der Waals surface area contributed by atoms with Crippen molar-refractivity contribution in [2.75, 3.05) is 11.9 Å². The van der Waals surface area contributed by atoms with E-state index in [1.807, 2.05) is 72.8 Å². The fourth-order valence-electron chi connectivity index (χ4n) is 2.58. The number of para-hydroxylation sites is 1. The zero-order valence-electron chi connectivity index (χ0n) is 15.5. The van der Waals surface area contributed by atoms with Gasteiger partial charge in [0.25, 0.3) is 5.91 Å². The summed E-state index contributed by atoms with van der Waals surface area (Å²) in [7, 11) is 0. The summed E-state index contributed by atoms with van der Waals surface area (Å²) in [6, 6.07) is 26.4. The summed E-state index contributed by atoms with van der Waals surface area (Å²) in [5.41, 5.74) is 2.79. The van der Waals surface area contributed by atoms with Crippen LogP contribution in [0.4, 0.5) is 5.69 Å². The van der Waals surface area contributed by atoms with E-state index in [9.17, 15) is 9.59 Å². The number of carbonyl (C=O) groups excluding carboxylic acids is 2. The number of hydrogen-bond acceptors (Lipinski definition) is 4. The lowest BCUT2D eigenvalue weighted by molar-refractivity contribution is -0.153. The van der Waals surface area contributed by atoms with Crippen LogP contribution in [0.15, 0.2) is 84.9 Å². The van der Waals surface area contributed by atoms with E-state index >= 15 is 0 Å². The molecule has 3 aromatic rings. The smallest absolute Gasteiger partial charge is 0.347 e. The molecule has 0 saturated heterocycles. The highest BCUT2D eigenvalue weighted by molar-refractivity contribution is 5.93. The Kier molecular flexibility index (Phi) is 6.41. The highest BCUT2D eigenvalue weighted by Crippen LogP contribution is 2.21. The van der Waals surface area contributed by atoms with Gasteiger partial charge in [0, 0.05) is 5.69 Å². The van der Waals surface area contributed by atoms with Crippen LogP contribution in [-0.2, 0) is 14.3 Å². The quantitative estimate of drug-likeness (QED) is 0.625. The second-order valence-corrected chi connectivity index (χ2v) is 6.17. The van der Waals surface area contributed by atoms with Crippen molar-refractivity contribution in [3.8, 4) is 16.9 Å². The largest absolute Gasteiger partial charge is 0.479 e. The predicted octanol–water partition coefficient (Wildman–Crippen LogP) is 4.30. The molecule has 3 aromatic carbocycles. The summed E-state index contributed by atoms with van der Waals surface area (Å²) >= 11 is 0. The monoisotopic (exact) mass is 375 g/mol. The van der Waals surface area contributed by atoms with E-state index in [4.69, 9.17) is 9.47 Å². The van der Waals surface area contributed by atoms with Crippen molar-refractivity contribution in [2.24, 2.45) is 0 Å². The molecule has 28 heavy (non-hydrogen) atoms. The molecule has 1 atom stereocenters. The first-order valence-electron chi connectivity index (χ1n) is 8.95. The molecule has 5 nitrogen and oxygen atoms in total. The first kappa shape index (κ1) is 19.2. The van der Waals surface area contributed by atoms with Crippen LogP contribution in [0.1, 0.15) is 6.92 Å². The van der Waals surface area contributed by atoms with Gasteiger partial charge in [-0.05, 0) is 42.3 Å². The molecule has 0 aromatic heterocycles. The second kappa shape index (κ2) is 9.37. The summed E-state index contributed by atoms with van der Waals surface area (Å²) in [6.07, 6.45) is -0.805. The Morgan fingerprint density at radius 2 is 1.39 bits per heavy atom. The highest BCUT2D eigenvalue weighted by Gasteiger charge is 2.17. The molecular weight excluding hydrogens is 354 g/mol. The predicted molar refractivity (Wildman–Crippen MR) is 108 cm³/mol. The molecule has 142 valence electrons. The van der Waals surface area contributed by atoms with Gasteiger partial charge >= 0.3 is 5.97 Å². The van der Waals surface area contributed by atoms with Gasteiger partial charge in [-0.25, -0.2) is 4.79 Å². The van der Waals surface area contributed by atoms with E-state index in [0.29, 0.717) is 11.4 Å². The molecule has 0 radical (unpaired) electrons. The fraction of sp³-hybridized carbons (Fsp3) is 0.130. The van der Waals surface area contributed by atoms with Crippen LogP contribution < -0.4 is 10.1 Å². The fourth-order valence-corrected chi connectivity index (χ4v) is 2.58. The third kappa shape index (κ3) is 5.45. The van der Waals surface area contributed by atoms with Gasteiger partial charge in [-0.3, -0.25) is 4.79 Å². The number of benzene rings is 3. The first-order chi connectivity index (χ1) is 13.6. The third-order valence-corrected chi connectivity index (χ3v) is 4.01. The van der Waals surface area contributed by atoms with Crippen molar-refractivity contribution >= 4 is 17.6 Å². The van der Waals surface area contributed by atoms with Gasteiger partial charge in [0.2, 0.25) is 0 Å². The van der Waals surface area contributed by atoms with Crippen molar-refractivity contribution < 1.29 is 19.1 Å². The van der Waals surface area contributed by atoms with E-state index < -0.39 is 18.0 Å². The average molecular weight is 375 g/mol. The lowest BCUT2D eigenvalue weighted by Gasteiger charge is -2.14. The molecule has 3 rings (SSSR count). The summed E-state index contributed by atoms with van der Waals surface area (Å²) in [5.74, 6) is -0.443. The van der Waals surface area contributed by atoms with E-state index in [2.05, 4.69) is 5.32 Å². The van der Waals surface area contributed by atoms with Gasteiger partial charge in [0.1, 0.15) is 5.75 Å². The molecule has 0 aliphatic carbocycles. The molecule has 0 spiro atoms. The third-order valence-electron chi connectivity index (χ3n) is 4.01. The molecule has 5 heteroatoms. The van der Waals surface area contributed by atoms with Crippen LogP contribution in [-0.4, -0.2) is 24.6 Å². The van der Waals surface area contributed by atoms with Gasteiger partial charge in [-0.2, -0.15) is 0 Å². The maximum atomic E-state index is 12.0. The normalized spacial score (nSPS) is 11.3. The SMILES string of the molecule is C[C@H](Oc1ccccc1)C(=O)OCC(=O)Nc1ccc(-c2ccccc2)cc1. The van der Waals surface area contributed by atoms with Crippen molar-refractivity contribution in [3.05, 3.63) is 84.9 Å². The van der Waals surface area contributed by atoms with Crippen LogP contribution in [0.5, 0.6) is 5.75 Å². The summed E-state index contributed by atoms with van der Waals surface area (Å²) in [6.45, 7) is 1.21. The number of rotatable bonds is 7. The van der Waals surface area contributed by atoms with E-state index in [1.54, 1.807) is 19.1 Å². The Morgan fingerprint density at radius 1 is 0.821 bits per heavy atom. The van der Waals surface area contributed by atoms with Crippen LogP contribution in [0.2, 0.25) is 0 Å². The van der Waals surface area contributed by atoms with Crippen LogP contribution in [0, 0.1) is 0 Å². The molecule has 0 unspecified atom stereocenters. The van der Waals surface area contributed by atoms with Gasteiger partial charge in [0.15, 0.2) is 12.7 Å². The van der Waals surface area contributed by atoms with Crippen LogP contribution in [0.3, 0.4) is 0 Å². The summed E-state index contributed by atoms with van der Waals surface area (Å²) in [4.78, 5) is 24.0. The summed E-state index contributed by atoms with van der Waals surface area (Å²) < 4.78 is 10.5. The van der Waals surface area contributed by atoms with E-state index in [0.717, 1.165) is 11.1 Å². The standard InChI is InChI=1S/C23H21NO4/c1-17(28-21-10-6-3-7-11-21)23(26)27-16-22(25)24-20-14-12-19(13-15-20)18-8-4-2-5-9-18/h2-15,17H,16H2,1H3,(H,24,25)/t17-/m0/s1. The lowest BCUT2D eigenvalue weighted by atomic mass is 10.1. The molecule has 1 amide bonds. The van der Waals surface area contributed by atoms with Crippen LogP contribution >= 0.6 is 0 Å². The Balaban J connectivity index is 1.47. The number of nitrogens with one attached hydrogen (secondary N) is 1. The Morgan fingerprint density at radius 3 is 2.04 bits per heavy atom. The van der Waals surface area contributed by atoms with Crippen molar-refractivity contribution in [3.63, 3.8) is 0 Å². The zero-order valence-corrected chi connectivity index (χ0v) is 15.5. The van der Waals surface area contributed by atoms with Crippen molar-refractivity contribution in [1.82, 2.24) is 0 Å². The number of hydrogen-bond donors (Lipinski definition) is 1. The molecule has 0 heterocycles. The number of esters is 1. The molecular formula is C23H21NO4. The Hall–Kier alpha value is -3.60.